The zero-order valence-electron chi connectivity index (χ0n) is 6.95. The molecule has 5 atom stereocenters. The van der Waals surface area contributed by atoms with Crippen LogP contribution in [0.4, 0.5) is 0 Å². The van der Waals surface area contributed by atoms with Crippen LogP contribution >= 0.6 is 0 Å². The molecular weight excluding hydrogens is 180 g/mol. The van der Waals surface area contributed by atoms with Gasteiger partial charge in [-0.3, -0.25) is 0 Å². The smallest absolute Gasteiger partial charge is 0.111 e. The summed E-state index contributed by atoms with van der Waals surface area (Å²) in [6, 6.07) is 0. The van der Waals surface area contributed by atoms with E-state index < -0.39 is 43.7 Å². The van der Waals surface area contributed by atoms with Gasteiger partial charge in [-0.05, 0) is 0 Å². The molecule has 6 heteroatoms. The van der Waals surface area contributed by atoms with Gasteiger partial charge in [0.25, 0.3) is 0 Å². The first-order valence-corrected chi connectivity index (χ1v) is 4.03. The number of ether oxygens (including phenoxy) is 1. The third-order valence-corrected chi connectivity index (χ3v) is 2.17. The van der Waals surface area contributed by atoms with Crippen molar-refractivity contribution in [1.29, 1.82) is 0 Å². The van der Waals surface area contributed by atoms with Crippen molar-refractivity contribution in [3.05, 3.63) is 0 Å². The molecule has 1 fully saturated rings. The van der Waals surface area contributed by atoms with Gasteiger partial charge in [0.1, 0.15) is 30.5 Å². The highest BCUT2D eigenvalue weighted by atomic mass is 16.6. The summed E-state index contributed by atoms with van der Waals surface area (Å²) in [4.78, 5) is 0. The van der Waals surface area contributed by atoms with E-state index in [9.17, 15) is 15.3 Å². The van der Waals surface area contributed by atoms with Gasteiger partial charge >= 0.3 is 0 Å². The minimum Gasteiger partial charge on any atom is -0.394 e. The first-order valence-electron chi connectivity index (χ1n) is 4.03. The van der Waals surface area contributed by atoms with Gasteiger partial charge in [0.05, 0.1) is 13.2 Å². The summed E-state index contributed by atoms with van der Waals surface area (Å²) in [5, 5.41) is 45.2. The molecule has 0 spiro atoms. The Balaban J connectivity index is 2.66. The average molecular weight is 194 g/mol. The summed E-state index contributed by atoms with van der Waals surface area (Å²) in [5.41, 5.74) is 0. The predicted octanol–water partition coefficient (Wildman–Crippen LogP) is -3.18. The molecule has 0 aromatic rings. The SMILES string of the molecule is OCC1O[C@H](CO)C(O)[C@H](O)[C@@H]1O. The van der Waals surface area contributed by atoms with Crippen molar-refractivity contribution in [3.8, 4) is 0 Å². The van der Waals surface area contributed by atoms with Crippen molar-refractivity contribution in [3.63, 3.8) is 0 Å². The Morgan fingerprint density at radius 3 is 1.46 bits per heavy atom. The normalized spacial score (nSPS) is 46.4. The van der Waals surface area contributed by atoms with Gasteiger partial charge in [-0.2, -0.15) is 0 Å². The minimum atomic E-state index is -1.40. The monoisotopic (exact) mass is 194 g/mol. The number of aliphatic hydroxyl groups excluding tert-OH is 5. The Morgan fingerprint density at radius 2 is 1.15 bits per heavy atom. The van der Waals surface area contributed by atoms with Crippen LogP contribution in [0.25, 0.3) is 0 Å². The topological polar surface area (TPSA) is 110 Å². The Morgan fingerprint density at radius 1 is 0.769 bits per heavy atom. The molecule has 0 aliphatic carbocycles. The molecule has 1 heterocycles. The van der Waals surface area contributed by atoms with E-state index in [1.54, 1.807) is 0 Å². The minimum absolute atomic E-state index is 0.471. The highest BCUT2D eigenvalue weighted by Crippen LogP contribution is 2.20. The largest absolute Gasteiger partial charge is 0.394 e. The standard InChI is InChI=1S/C7H14O6/c8-1-3-5(10)7(12)6(11)4(2-9)13-3/h3-12H,1-2H2/t3-,4?,5?,6-,7+/m1/s1. The van der Waals surface area contributed by atoms with E-state index in [4.69, 9.17) is 14.9 Å². The van der Waals surface area contributed by atoms with E-state index in [0.29, 0.717) is 0 Å². The van der Waals surface area contributed by atoms with Crippen molar-refractivity contribution in [2.24, 2.45) is 0 Å². The number of rotatable bonds is 2. The van der Waals surface area contributed by atoms with Gasteiger partial charge in [0, 0.05) is 0 Å². The van der Waals surface area contributed by atoms with E-state index in [1.807, 2.05) is 0 Å². The van der Waals surface area contributed by atoms with Crippen LogP contribution in [-0.2, 0) is 4.74 Å². The second-order valence-corrected chi connectivity index (χ2v) is 3.05. The van der Waals surface area contributed by atoms with E-state index in [-0.39, 0.29) is 0 Å². The molecule has 2 unspecified atom stereocenters. The van der Waals surface area contributed by atoms with Crippen LogP contribution in [0.2, 0.25) is 0 Å². The molecule has 1 saturated heterocycles. The van der Waals surface area contributed by atoms with Gasteiger partial charge in [-0.1, -0.05) is 0 Å². The summed E-state index contributed by atoms with van der Waals surface area (Å²) in [6.07, 6.45) is -5.99. The van der Waals surface area contributed by atoms with Crippen molar-refractivity contribution >= 4 is 0 Å². The summed E-state index contributed by atoms with van der Waals surface area (Å²) >= 11 is 0. The van der Waals surface area contributed by atoms with E-state index in [2.05, 4.69) is 0 Å². The summed E-state index contributed by atoms with van der Waals surface area (Å²) in [6.45, 7) is -0.942. The van der Waals surface area contributed by atoms with Crippen LogP contribution in [0, 0.1) is 0 Å². The van der Waals surface area contributed by atoms with Crippen LogP contribution in [0.15, 0.2) is 0 Å². The first kappa shape index (κ1) is 10.8. The molecule has 0 amide bonds. The summed E-state index contributed by atoms with van der Waals surface area (Å²) in [7, 11) is 0. The molecule has 0 bridgehead atoms. The molecule has 1 aliphatic heterocycles. The molecule has 78 valence electrons. The molecule has 0 saturated carbocycles. The third-order valence-electron chi connectivity index (χ3n) is 2.17. The fourth-order valence-corrected chi connectivity index (χ4v) is 1.33. The molecule has 13 heavy (non-hydrogen) atoms. The quantitative estimate of drug-likeness (QED) is 0.317. The second kappa shape index (κ2) is 4.32. The van der Waals surface area contributed by atoms with Crippen LogP contribution < -0.4 is 0 Å². The highest BCUT2D eigenvalue weighted by molar-refractivity contribution is 4.91. The van der Waals surface area contributed by atoms with E-state index in [0.717, 1.165) is 0 Å². The number of aliphatic hydroxyl groups is 5. The van der Waals surface area contributed by atoms with Crippen molar-refractivity contribution in [1.82, 2.24) is 0 Å². The fourth-order valence-electron chi connectivity index (χ4n) is 1.33. The molecule has 6 nitrogen and oxygen atoms in total. The maximum absolute atomic E-state index is 9.25. The predicted molar refractivity (Wildman–Crippen MR) is 40.9 cm³/mol. The van der Waals surface area contributed by atoms with Gasteiger partial charge in [-0.25, -0.2) is 0 Å². The van der Waals surface area contributed by atoms with Crippen molar-refractivity contribution in [2.45, 2.75) is 30.5 Å². The Labute approximate surface area is 75.0 Å². The van der Waals surface area contributed by atoms with Crippen LogP contribution in [0.1, 0.15) is 0 Å². The Kier molecular flexibility index (Phi) is 3.60. The lowest BCUT2D eigenvalue weighted by atomic mass is 9.95. The van der Waals surface area contributed by atoms with Crippen molar-refractivity contribution < 1.29 is 30.3 Å². The highest BCUT2D eigenvalue weighted by Gasteiger charge is 2.42. The zero-order chi connectivity index (χ0) is 10.0. The molecule has 1 rings (SSSR count). The lowest BCUT2D eigenvalue weighted by Crippen LogP contribution is -2.59. The lowest BCUT2D eigenvalue weighted by Gasteiger charge is -2.39. The van der Waals surface area contributed by atoms with Crippen molar-refractivity contribution in [2.75, 3.05) is 13.2 Å². The van der Waals surface area contributed by atoms with Gasteiger partial charge in [-0.15, -0.1) is 0 Å². The average Bonchev–Trinajstić information content (AvgIpc) is 2.15. The molecule has 0 radical (unpaired) electrons. The number of hydrogen-bond acceptors (Lipinski definition) is 6. The number of hydrogen-bond donors (Lipinski definition) is 5. The fraction of sp³-hybridized carbons (Fsp3) is 1.00. The molecular formula is C7H14O6. The maximum atomic E-state index is 9.25. The van der Waals surface area contributed by atoms with Gasteiger partial charge in [0.2, 0.25) is 0 Å². The molecule has 0 aromatic heterocycles. The van der Waals surface area contributed by atoms with E-state index >= 15 is 0 Å². The second-order valence-electron chi connectivity index (χ2n) is 3.05. The first-order chi connectivity index (χ1) is 6.11. The summed E-state index contributed by atoms with van der Waals surface area (Å²) in [5.74, 6) is 0. The van der Waals surface area contributed by atoms with Crippen LogP contribution in [-0.4, -0.2) is 69.3 Å². The molecule has 5 N–H and O–H groups in total. The van der Waals surface area contributed by atoms with Crippen LogP contribution in [0.3, 0.4) is 0 Å². The molecule has 0 aromatic carbocycles. The zero-order valence-corrected chi connectivity index (χ0v) is 6.95. The van der Waals surface area contributed by atoms with Gasteiger partial charge < -0.3 is 30.3 Å². The maximum Gasteiger partial charge on any atom is 0.111 e. The Hall–Kier alpha value is -0.240. The van der Waals surface area contributed by atoms with Crippen LogP contribution in [0.5, 0.6) is 0 Å². The third kappa shape index (κ3) is 1.98. The summed E-state index contributed by atoms with van der Waals surface area (Å²) < 4.78 is 4.92. The molecule has 1 aliphatic rings. The Bertz CT molecular complexity index is 143. The van der Waals surface area contributed by atoms with E-state index in [1.165, 1.54) is 0 Å². The lowest BCUT2D eigenvalue weighted by molar-refractivity contribution is -0.235. The van der Waals surface area contributed by atoms with Gasteiger partial charge in [0.15, 0.2) is 0 Å².